The first-order valence-corrected chi connectivity index (χ1v) is 12.6. The zero-order chi connectivity index (χ0) is 28.8. The van der Waals surface area contributed by atoms with Crippen LogP contribution in [0.4, 0.5) is 11.5 Å². The highest BCUT2D eigenvalue weighted by atomic mass is 16.5. The van der Waals surface area contributed by atoms with Crippen molar-refractivity contribution in [3.05, 3.63) is 84.7 Å². The van der Waals surface area contributed by atoms with Crippen molar-refractivity contribution >= 4 is 39.5 Å². The first-order valence-electron chi connectivity index (χ1n) is 12.6. The van der Waals surface area contributed by atoms with E-state index in [9.17, 15) is 9.59 Å². The lowest BCUT2D eigenvalue weighted by Crippen LogP contribution is -2.09. The summed E-state index contributed by atoms with van der Waals surface area (Å²) in [5.74, 6) is 2.64. The number of methoxy groups -OCH3 is 3. The molecular weight excluding hydrogens is 526 g/mol. The van der Waals surface area contributed by atoms with Crippen LogP contribution >= 0.6 is 0 Å². The van der Waals surface area contributed by atoms with E-state index in [4.69, 9.17) is 23.7 Å². The lowest BCUT2D eigenvalue weighted by atomic mass is 9.94. The van der Waals surface area contributed by atoms with Gasteiger partial charge in [0.05, 0.1) is 26.3 Å². The molecule has 5 rings (SSSR count). The van der Waals surface area contributed by atoms with Crippen LogP contribution in [0.25, 0.3) is 16.5 Å². The number of aromatic nitrogens is 2. The van der Waals surface area contributed by atoms with Crippen molar-refractivity contribution in [1.29, 1.82) is 0 Å². The van der Waals surface area contributed by atoms with Gasteiger partial charge >= 0.3 is 0 Å². The van der Waals surface area contributed by atoms with Gasteiger partial charge in [0.25, 0.3) is 0 Å². The predicted molar refractivity (Wildman–Crippen MR) is 153 cm³/mol. The van der Waals surface area contributed by atoms with E-state index < -0.39 is 0 Å². The van der Waals surface area contributed by atoms with Crippen LogP contribution in [0.5, 0.6) is 28.7 Å². The standard InChI is InChI=1S/C31H27N3O7/c1-37-12-13-40-30-17-27-25(16-29(30)39-3)31(33-18-32-27)34-26-10-9-22(41-21-7-5-20(38-2)6-8-21)15-23(26)24-14-19(35)4-11-28(24)36/h4-11,14-18H,12-13H2,1-3H3,(H,32,33,34). The van der Waals surface area contributed by atoms with Crippen molar-refractivity contribution in [3.8, 4) is 28.7 Å². The van der Waals surface area contributed by atoms with Crippen LogP contribution in [-0.4, -0.2) is 56.1 Å². The Labute approximate surface area is 236 Å². The van der Waals surface area contributed by atoms with Gasteiger partial charge in [-0.05, 0) is 66.8 Å². The third-order valence-corrected chi connectivity index (χ3v) is 6.25. The van der Waals surface area contributed by atoms with Gasteiger partial charge in [-0.2, -0.15) is 0 Å². The van der Waals surface area contributed by atoms with Crippen LogP contribution in [0.2, 0.25) is 0 Å². The quantitative estimate of drug-likeness (QED) is 0.194. The molecule has 0 amide bonds. The van der Waals surface area contributed by atoms with Gasteiger partial charge in [0.1, 0.15) is 36.0 Å². The molecule has 0 atom stereocenters. The summed E-state index contributed by atoms with van der Waals surface area (Å²) in [5, 5.41) is 3.97. The number of allylic oxidation sites excluding steroid dienone is 4. The maximum atomic E-state index is 12.9. The first-order chi connectivity index (χ1) is 20.0. The van der Waals surface area contributed by atoms with Crippen molar-refractivity contribution in [2.24, 2.45) is 0 Å². The summed E-state index contributed by atoms with van der Waals surface area (Å²) in [5.41, 5.74) is 1.85. The first kappa shape index (κ1) is 27.4. The normalized spacial score (nSPS) is 12.7. The summed E-state index contributed by atoms with van der Waals surface area (Å²) < 4.78 is 27.7. The molecule has 0 bridgehead atoms. The molecular formula is C31H27N3O7. The van der Waals surface area contributed by atoms with Gasteiger partial charge in [-0.15, -0.1) is 0 Å². The van der Waals surface area contributed by atoms with E-state index in [1.807, 2.05) is 0 Å². The SMILES string of the molecule is COCCOc1cc2ncnc(Nc3ccc(Oc4ccc(OC)cc4)cc3C3=CC(=O)C=CC3=O)c2cc1OC. The van der Waals surface area contributed by atoms with Gasteiger partial charge < -0.3 is 29.0 Å². The Kier molecular flexibility index (Phi) is 8.21. The van der Waals surface area contributed by atoms with E-state index in [0.717, 1.165) is 0 Å². The Morgan fingerprint density at radius 3 is 2.32 bits per heavy atom. The van der Waals surface area contributed by atoms with E-state index in [-0.39, 0.29) is 17.1 Å². The lowest BCUT2D eigenvalue weighted by Gasteiger charge is -2.17. The van der Waals surface area contributed by atoms with Crippen LogP contribution < -0.4 is 24.3 Å². The summed E-state index contributed by atoms with van der Waals surface area (Å²) in [6.45, 7) is 0.768. The maximum Gasteiger partial charge on any atom is 0.186 e. The Morgan fingerprint density at radius 1 is 0.780 bits per heavy atom. The zero-order valence-electron chi connectivity index (χ0n) is 22.7. The Balaban J connectivity index is 1.54. The van der Waals surface area contributed by atoms with Gasteiger partial charge in [0.2, 0.25) is 0 Å². The highest BCUT2D eigenvalue weighted by Gasteiger charge is 2.21. The molecule has 0 spiro atoms. The second-order valence-corrected chi connectivity index (χ2v) is 8.85. The zero-order valence-corrected chi connectivity index (χ0v) is 22.7. The van der Waals surface area contributed by atoms with Crippen LogP contribution in [-0.2, 0) is 14.3 Å². The molecule has 10 heteroatoms. The topological polar surface area (TPSA) is 118 Å². The highest BCUT2D eigenvalue weighted by Crippen LogP contribution is 2.38. The third-order valence-electron chi connectivity index (χ3n) is 6.25. The molecule has 0 saturated carbocycles. The van der Waals surface area contributed by atoms with Crippen molar-refractivity contribution in [1.82, 2.24) is 9.97 Å². The predicted octanol–water partition coefficient (Wildman–Crippen LogP) is 5.30. The van der Waals surface area contributed by atoms with E-state index >= 15 is 0 Å². The molecule has 41 heavy (non-hydrogen) atoms. The minimum atomic E-state index is -0.304. The van der Waals surface area contributed by atoms with Gasteiger partial charge in [-0.3, -0.25) is 9.59 Å². The number of hydrogen-bond acceptors (Lipinski definition) is 10. The second kappa shape index (κ2) is 12.3. The smallest absolute Gasteiger partial charge is 0.186 e. The molecule has 208 valence electrons. The number of ether oxygens (including phenoxy) is 5. The number of nitrogens with zero attached hydrogens (tertiary/aromatic N) is 2. The molecule has 1 N–H and O–H groups in total. The van der Waals surface area contributed by atoms with Gasteiger partial charge in [-0.1, -0.05) is 0 Å². The fourth-order valence-corrected chi connectivity index (χ4v) is 4.22. The monoisotopic (exact) mass is 553 g/mol. The van der Waals surface area contributed by atoms with Crippen LogP contribution in [0, 0.1) is 0 Å². The highest BCUT2D eigenvalue weighted by molar-refractivity contribution is 6.34. The number of carbonyl (C=O) groups excluding carboxylic acids is 2. The van der Waals surface area contributed by atoms with E-state index in [1.165, 1.54) is 24.6 Å². The average Bonchev–Trinajstić information content (AvgIpc) is 2.99. The second-order valence-electron chi connectivity index (χ2n) is 8.85. The largest absolute Gasteiger partial charge is 0.497 e. The molecule has 3 aromatic carbocycles. The van der Waals surface area contributed by atoms with Crippen molar-refractivity contribution < 1.29 is 33.3 Å². The number of nitrogens with one attached hydrogen (secondary N) is 1. The number of fused-ring (bicyclic) bond motifs is 1. The molecule has 0 unspecified atom stereocenters. The lowest BCUT2D eigenvalue weighted by molar-refractivity contribution is -0.113. The van der Waals surface area contributed by atoms with Crippen molar-refractivity contribution in [2.45, 2.75) is 0 Å². The average molecular weight is 554 g/mol. The van der Waals surface area contributed by atoms with E-state index in [2.05, 4.69) is 15.3 Å². The number of carbonyl (C=O) groups is 2. The fraction of sp³-hybridized carbons (Fsp3) is 0.161. The molecule has 1 aliphatic rings. The molecule has 4 aromatic rings. The van der Waals surface area contributed by atoms with E-state index in [1.54, 1.807) is 75.9 Å². The summed E-state index contributed by atoms with van der Waals surface area (Å²) in [6.07, 6.45) is 5.24. The van der Waals surface area contributed by atoms with Gasteiger partial charge in [0, 0.05) is 35.4 Å². The number of rotatable bonds is 11. The molecule has 0 fully saturated rings. The maximum absolute atomic E-state index is 12.9. The molecule has 10 nitrogen and oxygen atoms in total. The number of hydrogen-bond donors (Lipinski definition) is 1. The van der Waals surface area contributed by atoms with Crippen molar-refractivity contribution in [3.63, 3.8) is 0 Å². The Morgan fingerprint density at radius 2 is 1.56 bits per heavy atom. The Hall–Kier alpha value is -5.22. The molecule has 1 aromatic heterocycles. The third kappa shape index (κ3) is 6.18. The number of anilines is 2. The number of benzene rings is 3. The van der Waals surface area contributed by atoms with Crippen LogP contribution in [0.1, 0.15) is 5.56 Å². The molecule has 0 saturated heterocycles. The van der Waals surface area contributed by atoms with Crippen LogP contribution in [0.15, 0.2) is 79.2 Å². The fourth-order valence-electron chi connectivity index (χ4n) is 4.22. The minimum Gasteiger partial charge on any atom is -0.497 e. The van der Waals surface area contributed by atoms with Crippen LogP contribution in [0.3, 0.4) is 0 Å². The van der Waals surface area contributed by atoms with E-state index in [0.29, 0.717) is 69.9 Å². The molecule has 0 aliphatic heterocycles. The number of ketones is 2. The van der Waals surface area contributed by atoms with Gasteiger partial charge in [0.15, 0.2) is 23.1 Å². The summed E-state index contributed by atoms with van der Waals surface area (Å²) in [6, 6.07) is 15.9. The summed E-state index contributed by atoms with van der Waals surface area (Å²) in [4.78, 5) is 33.9. The molecule has 1 heterocycles. The minimum absolute atomic E-state index is 0.227. The summed E-state index contributed by atoms with van der Waals surface area (Å²) in [7, 11) is 4.74. The van der Waals surface area contributed by atoms with Gasteiger partial charge in [-0.25, -0.2) is 9.97 Å². The molecule has 1 aliphatic carbocycles. The molecule has 0 radical (unpaired) electrons. The Bertz CT molecular complexity index is 1660. The van der Waals surface area contributed by atoms with Crippen molar-refractivity contribution in [2.75, 3.05) is 39.9 Å². The summed E-state index contributed by atoms with van der Waals surface area (Å²) >= 11 is 0.